The van der Waals surface area contributed by atoms with Crippen LogP contribution in [-0.4, -0.2) is 19.3 Å². The van der Waals surface area contributed by atoms with E-state index in [0.29, 0.717) is 38.3 Å². The maximum atomic E-state index is 12.5. The number of nitrogens with one attached hydrogen (secondary N) is 2. The molecule has 4 rings (SSSR count). The highest BCUT2D eigenvalue weighted by Gasteiger charge is 2.15. The largest absolute Gasteiger partial charge is 0.497 e. The molecule has 4 aromatic rings. The summed E-state index contributed by atoms with van der Waals surface area (Å²) in [5.41, 5.74) is 0.842. The fourth-order valence-electron chi connectivity index (χ4n) is 2.94. The SMILES string of the molecule is COc1ccc(NC(=S)Nc2scc3c2c(=O)oc2ccccc23)c(OC)c1. The molecule has 2 N–H and O–H groups in total. The van der Waals surface area contributed by atoms with Crippen LogP contribution in [0, 0.1) is 0 Å². The third-order valence-corrected chi connectivity index (χ3v) is 5.36. The summed E-state index contributed by atoms with van der Waals surface area (Å²) < 4.78 is 16.0. The second-order valence-electron chi connectivity index (χ2n) is 5.88. The standard InChI is InChI=1S/C20H16N2O4S2/c1-24-11-7-8-14(16(9-11)25-2)21-20(27)22-18-17-13(10-28-18)12-5-3-4-6-15(12)26-19(17)23/h3-10H,1-2H3,(H2,21,22,27). The molecule has 0 radical (unpaired) electrons. The highest BCUT2D eigenvalue weighted by atomic mass is 32.1. The van der Waals surface area contributed by atoms with Crippen LogP contribution in [0.15, 0.2) is 57.1 Å². The molecule has 2 heterocycles. The van der Waals surface area contributed by atoms with Gasteiger partial charge in [-0.1, -0.05) is 18.2 Å². The molecule has 6 nitrogen and oxygen atoms in total. The van der Waals surface area contributed by atoms with Crippen molar-refractivity contribution in [3.05, 3.63) is 58.3 Å². The van der Waals surface area contributed by atoms with Crippen molar-refractivity contribution in [3.63, 3.8) is 0 Å². The second kappa shape index (κ2) is 7.49. The quantitative estimate of drug-likeness (QED) is 0.367. The molecule has 0 fully saturated rings. The van der Waals surface area contributed by atoms with E-state index in [4.69, 9.17) is 26.1 Å². The highest BCUT2D eigenvalue weighted by molar-refractivity contribution is 7.80. The predicted octanol–water partition coefficient (Wildman–Crippen LogP) is 4.83. The number of para-hydroxylation sites is 1. The molecule has 0 unspecified atom stereocenters. The number of ether oxygens (including phenoxy) is 2. The van der Waals surface area contributed by atoms with Crippen molar-refractivity contribution in [3.8, 4) is 11.5 Å². The fraction of sp³-hybridized carbons (Fsp3) is 0.100. The topological polar surface area (TPSA) is 72.7 Å². The summed E-state index contributed by atoms with van der Waals surface area (Å²) in [5, 5.41) is 11.3. The minimum atomic E-state index is -0.401. The van der Waals surface area contributed by atoms with Crippen molar-refractivity contribution in [1.82, 2.24) is 0 Å². The van der Waals surface area contributed by atoms with Crippen LogP contribution in [0.25, 0.3) is 21.7 Å². The smallest absolute Gasteiger partial charge is 0.347 e. The van der Waals surface area contributed by atoms with Crippen LogP contribution in [0.4, 0.5) is 10.7 Å². The summed E-state index contributed by atoms with van der Waals surface area (Å²) in [5.74, 6) is 1.26. The number of benzene rings is 2. The first-order valence-electron chi connectivity index (χ1n) is 8.34. The van der Waals surface area contributed by atoms with E-state index in [1.165, 1.54) is 11.3 Å². The number of anilines is 2. The van der Waals surface area contributed by atoms with E-state index >= 15 is 0 Å². The molecule has 2 aromatic heterocycles. The monoisotopic (exact) mass is 412 g/mol. The summed E-state index contributed by atoms with van der Waals surface area (Å²) in [6, 6.07) is 12.8. The van der Waals surface area contributed by atoms with Gasteiger partial charge in [-0.2, -0.15) is 0 Å². The molecule has 28 heavy (non-hydrogen) atoms. The first kappa shape index (κ1) is 18.3. The van der Waals surface area contributed by atoms with Gasteiger partial charge in [0, 0.05) is 22.2 Å². The molecule has 0 saturated heterocycles. The number of thiocarbonyl (C=S) groups is 1. The zero-order chi connectivity index (χ0) is 19.7. The van der Waals surface area contributed by atoms with E-state index in [1.54, 1.807) is 38.5 Å². The summed E-state index contributed by atoms with van der Waals surface area (Å²) in [6.45, 7) is 0. The highest BCUT2D eigenvalue weighted by Crippen LogP contribution is 2.34. The molecule has 8 heteroatoms. The molecule has 0 aliphatic heterocycles. The van der Waals surface area contributed by atoms with Gasteiger partial charge >= 0.3 is 5.63 Å². The van der Waals surface area contributed by atoms with E-state index in [9.17, 15) is 4.79 Å². The normalized spacial score (nSPS) is 10.8. The van der Waals surface area contributed by atoms with Crippen LogP contribution in [0.2, 0.25) is 0 Å². The number of methoxy groups -OCH3 is 2. The minimum absolute atomic E-state index is 0.333. The van der Waals surface area contributed by atoms with Gasteiger partial charge in [-0.15, -0.1) is 11.3 Å². The van der Waals surface area contributed by atoms with Gasteiger partial charge in [-0.25, -0.2) is 4.79 Å². The van der Waals surface area contributed by atoms with Gasteiger partial charge in [0.25, 0.3) is 0 Å². The zero-order valence-corrected chi connectivity index (χ0v) is 16.7. The molecule has 0 bridgehead atoms. The van der Waals surface area contributed by atoms with Crippen molar-refractivity contribution >= 4 is 61.1 Å². The van der Waals surface area contributed by atoms with Crippen LogP contribution in [0.5, 0.6) is 11.5 Å². The molecule has 0 atom stereocenters. The Morgan fingerprint density at radius 2 is 1.89 bits per heavy atom. The molecule has 142 valence electrons. The first-order chi connectivity index (χ1) is 13.6. The number of hydrogen-bond acceptors (Lipinski definition) is 6. The van der Waals surface area contributed by atoms with Crippen molar-refractivity contribution in [1.29, 1.82) is 0 Å². The van der Waals surface area contributed by atoms with E-state index in [2.05, 4.69) is 10.6 Å². The lowest BCUT2D eigenvalue weighted by atomic mass is 10.1. The van der Waals surface area contributed by atoms with Gasteiger partial charge in [0.2, 0.25) is 0 Å². The van der Waals surface area contributed by atoms with Crippen molar-refractivity contribution < 1.29 is 13.9 Å². The van der Waals surface area contributed by atoms with E-state index < -0.39 is 5.63 Å². The Hall–Kier alpha value is -3.10. The number of hydrogen-bond donors (Lipinski definition) is 2. The summed E-state index contributed by atoms with van der Waals surface area (Å²) in [7, 11) is 3.16. The summed E-state index contributed by atoms with van der Waals surface area (Å²) in [4.78, 5) is 12.5. The molecule has 0 amide bonds. The number of fused-ring (bicyclic) bond motifs is 3. The van der Waals surface area contributed by atoms with Gasteiger partial charge in [-0.05, 0) is 30.4 Å². The number of rotatable bonds is 4. The molecular formula is C20H16N2O4S2. The third kappa shape index (κ3) is 3.28. The fourth-order valence-corrected chi connectivity index (χ4v) is 4.17. The Kier molecular flexibility index (Phi) is 4.89. The van der Waals surface area contributed by atoms with Crippen LogP contribution < -0.4 is 25.7 Å². The maximum Gasteiger partial charge on any atom is 0.347 e. The Balaban J connectivity index is 1.65. The van der Waals surface area contributed by atoms with Gasteiger partial charge in [0.05, 0.1) is 19.9 Å². The van der Waals surface area contributed by atoms with E-state index in [1.807, 2.05) is 23.6 Å². The van der Waals surface area contributed by atoms with Gasteiger partial charge in [0.15, 0.2) is 5.11 Å². The van der Waals surface area contributed by atoms with Gasteiger partial charge in [-0.3, -0.25) is 0 Å². The first-order valence-corrected chi connectivity index (χ1v) is 9.62. The molecule has 0 spiro atoms. The number of thiophene rings is 1. The van der Waals surface area contributed by atoms with Crippen LogP contribution in [0.1, 0.15) is 0 Å². The van der Waals surface area contributed by atoms with Gasteiger partial charge < -0.3 is 24.5 Å². The second-order valence-corrected chi connectivity index (χ2v) is 7.17. The Labute approximate surface area is 169 Å². The van der Waals surface area contributed by atoms with E-state index in [-0.39, 0.29) is 0 Å². The Bertz CT molecular complexity index is 1250. The predicted molar refractivity (Wildman–Crippen MR) is 117 cm³/mol. The van der Waals surface area contributed by atoms with E-state index in [0.717, 1.165) is 10.8 Å². The molecule has 0 aliphatic rings. The molecule has 0 aliphatic carbocycles. The Morgan fingerprint density at radius 1 is 1.07 bits per heavy atom. The molecule has 2 aromatic carbocycles. The average Bonchev–Trinajstić information content (AvgIpc) is 3.12. The zero-order valence-electron chi connectivity index (χ0n) is 15.1. The summed E-state index contributed by atoms with van der Waals surface area (Å²) >= 11 is 6.82. The minimum Gasteiger partial charge on any atom is -0.497 e. The van der Waals surface area contributed by atoms with Crippen molar-refractivity contribution in [2.45, 2.75) is 0 Å². The molecule has 0 saturated carbocycles. The van der Waals surface area contributed by atoms with Crippen molar-refractivity contribution in [2.75, 3.05) is 24.9 Å². The molecular weight excluding hydrogens is 396 g/mol. The lowest BCUT2D eigenvalue weighted by molar-refractivity contribution is 0.395. The maximum absolute atomic E-state index is 12.5. The van der Waals surface area contributed by atoms with Crippen molar-refractivity contribution in [2.24, 2.45) is 0 Å². The lowest BCUT2D eigenvalue weighted by Gasteiger charge is -2.13. The Morgan fingerprint density at radius 3 is 2.68 bits per heavy atom. The lowest BCUT2D eigenvalue weighted by Crippen LogP contribution is -2.19. The summed E-state index contributed by atoms with van der Waals surface area (Å²) in [6.07, 6.45) is 0. The third-order valence-electron chi connectivity index (χ3n) is 4.26. The average molecular weight is 412 g/mol. The van der Waals surface area contributed by atoms with Crippen LogP contribution >= 0.6 is 23.6 Å². The van der Waals surface area contributed by atoms with Crippen LogP contribution in [-0.2, 0) is 0 Å². The van der Waals surface area contributed by atoms with Gasteiger partial charge in [0.1, 0.15) is 27.5 Å². The van der Waals surface area contributed by atoms with Crippen LogP contribution in [0.3, 0.4) is 0 Å².